The zero-order valence-corrected chi connectivity index (χ0v) is 18.5. The number of aliphatic carboxylic acids is 1. The van der Waals surface area contributed by atoms with Gasteiger partial charge in [-0.25, -0.2) is 0 Å². The maximum atomic E-state index is 12.9. The lowest BCUT2D eigenvalue weighted by atomic mass is 9.79. The average molecular weight is 425 g/mol. The van der Waals surface area contributed by atoms with E-state index in [-0.39, 0.29) is 5.91 Å². The summed E-state index contributed by atoms with van der Waals surface area (Å²) in [7, 11) is 0. The van der Waals surface area contributed by atoms with Crippen molar-refractivity contribution in [2.45, 2.75) is 58.8 Å². The number of aryl methyl sites for hydroxylation is 1. The van der Waals surface area contributed by atoms with Crippen molar-refractivity contribution < 1.29 is 14.7 Å². The van der Waals surface area contributed by atoms with Crippen molar-refractivity contribution in [3.05, 3.63) is 40.3 Å². The minimum atomic E-state index is -0.917. The van der Waals surface area contributed by atoms with E-state index in [2.05, 4.69) is 37.4 Å². The highest BCUT2D eigenvalue weighted by Gasteiger charge is 2.36. The maximum absolute atomic E-state index is 12.9. The standard InChI is InChI=1S/C24H28N2O3S/c1-4-14(2)16-9-11-17(12-10-16)21-15(3)30-23(20(21)13-25)26-22(27)18-7-5-6-8-19(18)24(28)29/h9-12,14,18-19H,4-8H2,1-3H3,(H,26,27)(H,28,29)/t14-,18-,19+/m0/s1. The number of nitrogens with one attached hydrogen (secondary N) is 1. The molecule has 0 saturated heterocycles. The van der Waals surface area contributed by atoms with E-state index in [1.807, 2.05) is 19.1 Å². The van der Waals surface area contributed by atoms with Gasteiger partial charge in [0.05, 0.1) is 17.4 Å². The first kappa shape index (κ1) is 22.0. The zero-order chi connectivity index (χ0) is 21.8. The molecule has 2 N–H and O–H groups in total. The molecule has 3 atom stereocenters. The van der Waals surface area contributed by atoms with Crippen LogP contribution in [0.25, 0.3) is 11.1 Å². The van der Waals surface area contributed by atoms with Crippen molar-refractivity contribution in [1.82, 2.24) is 0 Å². The van der Waals surface area contributed by atoms with E-state index in [4.69, 9.17) is 0 Å². The minimum absolute atomic E-state index is 0.293. The first-order valence-corrected chi connectivity index (χ1v) is 11.4. The van der Waals surface area contributed by atoms with Gasteiger partial charge < -0.3 is 10.4 Å². The van der Waals surface area contributed by atoms with Crippen molar-refractivity contribution in [1.29, 1.82) is 5.26 Å². The third-order valence-electron chi connectivity index (χ3n) is 6.23. The molecule has 1 aliphatic rings. The third kappa shape index (κ3) is 4.41. The smallest absolute Gasteiger partial charge is 0.307 e. The first-order chi connectivity index (χ1) is 14.4. The monoisotopic (exact) mass is 424 g/mol. The molecule has 3 rings (SSSR count). The fraction of sp³-hybridized carbons (Fsp3) is 0.458. The Morgan fingerprint density at radius 1 is 1.23 bits per heavy atom. The van der Waals surface area contributed by atoms with Crippen LogP contribution < -0.4 is 5.32 Å². The van der Waals surface area contributed by atoms with E-state index in [0.29, 0.717) is 29.3 Å². The number of thiophene rings is 1. The lowest BCUT2D eigenvalue weighted by Crippen LogP contribution is -2.36. The van der Waals surface area contributed by atoms with Gasteiger partial charge in [0.25, 0.3) is 0 Å². The second kappa shape index (κ2) is 9.44. The molecular formula is C24H28N2O3S. The zero-order valence-electron chi connectivity index (χ0n) is 17.7. The minimum Gasteiger partial charge on any atom is -0.481 e. The van der Waals surface area contributed by atoms with Crippen LogP contribution in [0.4, 0.5) is 5.00 Å². The number of benzene rings is 1. The number of carboxylic acids is 1. The van der Waals surface area contributed by atoms with Crippen LogP contribution in [-0.2, 0) is 9.59 Å². The van der Waals surface area contributed by atoms with E-state index < -0.39 is 17.8 Å². The molecular weight excluding hydrogens is 396 g/mol. The van der Waals surface area contributed by atoms with Gasteiger partial charge >= 0.3 is 5.97 Å². The number of rotatable bonds is 6. The molecule has 1 aromatic carbocycles. The molecule has 0 radical (unpaired) electrons. The number of anilines is 1. The number of hydrogen-bond acceptors (Lipinski definition) is 4. The Morgan fingerprint density at radius 3 is 2.43 bits per heavy atom. The Kier molecular flexibility index (Phi) is 6.94. The maximum Gasteiger partial charge on any atom is 0.307 e. The van der Waals surface area contributed by atoms with Crippen LogP contribution >= 0.6 is 11.3 Å². The summed E-state index contributed by atoms with van der Waals surface area (Å²) < 4.78 is 0. The van der Waals surface area contributed by atoms with Gasteiger partial charge in [-0.1, -0.05) is 51.0 Å². The summed E-state index contributed by atoms with van der Waals surface area (Å²) >= 11 is 1.38. The van der Waals surface area contributed by atoms with Gasteiger partial charge in [0, 0.05) is 10.4 Å². The van der Waals surface area contributed by atoms with Crippen molar-refractivity contribution in [2.75, 3.05) is 5.32 Å². The first-order valence-electron chi connectivity index (χ1n) is 10.5. The number of nitrogens with zero attached hydrogens (tertiary/aromatic N) is 1. The van der Waals surface area contributed by atoms with Crippen LogP contribution in [0.3, 0.4) is 0 Å². The molecule has 5 nitrogen and oxygen atoms in total. The molecule has 1 fully saturated rings. The Labute approximate surface area is 181 Å². The predicted molar refractivity (Wildman–Crippen MR) is 120 cm³/mol. The summed E-state index contributed by atoms with van der Waals surface area (Å²) in [4.78, 5) is 25.4. The van der Waals surface area contributed by atoms with Gasteiger partial charge in [-0.2, -0.15) is 5.26 Å². The van der Waals surface area contributed by atoms with E-state index >= 15 is 0 Å². The topological polar surface area (TPSA) is 90.2 Å². The molecule has 0 spiro atoms. The van der Waals surface area contributed by atoms with Gasteiger partial charge in [-0.05, 0) is 43.2 Å². The fourth-order valence-electron chi connectivity index (χ4n) is 4.25. The molecule has 158 valence electrons. The van der Waals surface area contributed by atoms with Gasteiger partial charge in [-0.15, -0.1) is 11.3 Å². The largest absolute Gasteiger partial charge is 0.481 e. The molecule has 1 aromatic heterocycles. The Balaban J connectivity index is 1.88. The van der Waals surface area contributed by atoms with E-state index in [0.717, 1.165) is 35.3 Å². The molecule has 0 aliphatic heterocycles. The van der Waals surface area contributed by atoms with Gasteiger partial charge in [0.15, 0.2) is 0 Å². The number of nitriles is 1. The van der Waals surface area contributed by atoms with Crippen LogP contribution in [0, 0.1) is 30.1 Å². The number of carboxylic acid groups (broad SMARTS) is 1. The van der Waals surface area contributed by atoms with Crippen LogP contribution in [0.2, 0.25) is 0 Å². The average Bonchev–Trinajstić information content (AvgIpc) is 3.07. The number of hydrogen-bond donors (Lipinski definition) is 2. The molecule has 1 saturated carbocycles. The normalized spacial score (nSPS) is 19.7. The SMILES string of the molecule is CC[C@H](C)c1ccc(-c2c(C)sc(NC(=O)[C@H]3CCCC[C@H]3C(=O)O)c2C#N)cc1. The third-order valence-corrected chi connectivity index (χ3v) is 7.25. The van der Waals surface area contributed by atoms with E-state index in [1.54, 1.807) is 0 Å². The van der Waals surface area contributed by atoms with Crippen molar-refractivity contribution in [3.63, 3.8) is 0 Å². The highest BCUT2D eigenvalue weighted by Crippen LogP contribution is 2.41. The summed E-state index contributed by atoms with van der Waals surface area (Å²) in [5.74, 6) is -1.94. The number of carbonyl (C=O) groups excluding carboxylic acids is 1. The highest BCUT2D eigenvalue weighted by atomic mass is 32.1. The van der Waals surface area contributed by atoms with E-state index in [9.17, 15) is 20.0 Å². The lowest BCUT2D eigenvalue weighted by molar-refractivity contribution is -0.147. The van der Waals surface area contributed by atoms with Crippen LogP contribution in [0.5, 0.6) is 0 Å². The quantitative estimate of drug-likeness (QED) is 0.600. The van der Waals surface area contributed by atoms with Crippen molar-refractivity contribution >= 4 is 28.2 Å². The molecule has 6 heteroatoms. The second-order valence-corrected chi connectivity index (χ2v) is 9.33. The van der Waals surface area contributed by atoms with Gasteiger partial charge in [0.1, 0.15) is 11.1 Å². The Morgan fingerprint density at radius 2 is 1.87 bits per heavy atom. The summed E-state index contributed by atoms with van der Waals surface area (Å²) in [6.07, 6.45) is 3.84. The molecule has 2 aromatic rings. The van der Waals surface area contributed by atoms with Crippen LogP contribution in [0.1, 0.15) is 67.9 Å². The Bertz CT molecular complexity index is 972. The van der Waals surface area contributed by atoms with Gasteiger partial charge in [0.2, 0.25) is 5.91 Å². The molecule has 30 heavy (non-hydrogen) atoms. The fourth-order valence-corrected chi connectivity index (χ4v) is 5.28. The summed E-state index contributed by atoms with van der Waals surface area (Å²) in [5.41, 5.74) is 3.50. The summed E-state index contributed by atoms with van der Waals surface area (Å²) in [6.45, 7) is 6.29. The van der Waals surface area contributed by atoms with Crippen LogP contribution in [-0.4, -0.2) is 17.0 Å². The lowest BCUT2D eigenvalue weighted by Gasteiger charge is -2.27. The molecule has 1 amide bonds. The van der Waals surface area contributed by atoms with E-state index in [1.165, 1.54) is 16.9 Å². The Hall–Kier alpha value is -2.65. The van der Waals surface area contributed by atoms with Crippen molar-refractivity contribution in [3.8, 4) is 17.2 Å². The summed E-state index contributed by atoms with van der Waals surface area (Å²) in [6, 6.07) is 10.5. The predicted octanol–water partition coefficient (Wildman–Crippen LogP) is 5.94. The molecule has 1 heterocycles. The molecule has 0 unspecified atom stereocenters. The van der Waals surface area contributed by atoms with Crippen LogP contribution in [0.15, 0.2) is 24.3 Å². The molecule has 0 bridgehead atoms. The highest BCUT2D eigenvalue weighted by molar-refractivity contribution is 7.17. The van der Waals surface area contributed by atoms with Gasteiger partial charge in [-0.3, -0.25) is 9.59 Å². The number of amides is 1. The second-order valence-electron chi connectivity index (χ2n) is 8.11. The number of carbonyl (C=O) groups is 2. The van der Waals surface area contributed by atoms with Crippen molar-refractivity contribution in [2.24, 2.45) is 11.8 Å². The molecule has 1 aliphatic carbocycles. The summed E-state index contributed by atoms with van der Waals surface area (Å²) in [5, 5.41) is 22.7.